The molecule has 112 valence electrons. The van der Waals surface area contributed by atoms with Crippen LogP contribution in [-0.2, 0) is 0 Å². The zero-order valence-corrected chi connectivity index (χ0v) is 12.9. The molecule has 2 N–H and O–H groups in total. The van der Waals surface area contributed by atoms with Crippen LogP contribution in [0.3, 0.4) is 0 Å². The van der Waals surface area contributed by atoms with Crippen LogP contribution in [0.15, 0.2) is 63.4 Å². The Morgan fingerprint density at radius 1 is 1.14 bits per heavy atom. The smallest absolute Gasteiger partial charge is 0.334 e. The number of anilines is 2. The van der Waals surface area contributed by atoms with Gasteiger partial charge in [0, 0.05) is 23.1 Å². The minimum atomic E-state index is -0.328. The molecule has 0 unspecified atom stereocenters. The molecule has 0 saturated heterocycles. The second-order valence-corrected chi connectivity index (χ2v) is 5.73. The van der Waals surface area contributed by atoms with E-state index < -0.39 is 0 Å². The zero-order chi connectivity index (χ0) is 15.4. The van der Waals surface area contributed by atoms with Gasteiger partial charge in [0.1, 0.15) is 0 Å². The van der Waals surface area contributed by atoms with E-state index in [-0.39, 0.29) is 6.03 Å². The summed E-state index contributed by atoms with van der Waals surface area (Å²) in [5, 5.41) is 6.40. The number of amides is 2. The summed E-state index contributed by atoms with van der Waals surface area (Å²) in [6.07, 6.45) is 1.69. The quantitative estimate of drug-likeness (QED) is 0.676. The fourth-order valence-electron chi connectivity index (χ4n) is 2.26. The molecular weight excluding hydrogens is 296 g/mol. The highest BCUT2D eigenvalue weighted by atomic mass is 32.2. The van der Waals surface area contributed by atoms with Crippen molar-refractivity contribution in [2.75, 3.05) is 18.5 Å². The maximum atomic E-state index is 11.1. The van der Waals surface area contributed by atoms with Crippen molar-refractivity contribution >= 4 is 35.4 Å². The number of hydrazone groups is 1. The molecule has 5 nitrogen and oxygen atoms in total. The van der Waals surface area contributed by atoms with E-state index in [2.05, 4.69) is 45.0 Å². The van der Waals surface area contributed by atoms with Crippen LogP contribution in [0.4, 0.5) is 16.2 Å². The van der Waals surface area contributed by atoms with Gasteiger partial charge >= 0.3 is 6.03 Å². The highest BCUT2D eigenvalue weighted by molar-refractivity contribution is 7.99. The Hall–Kier alpha value is -2.47. The van der Waals surface area contributed by atoms with E-state index in [9.17, 15) is 4.79 Å². The van der Waals surface area contributed by atoms with E-state index in [1.54, 1.807) is 25.0 Å². The van der Waals surface area contributed by atoms with Crippen molar-refractivity contribution in [2.24, 2.45) is 5.10 Å². The van der Waals surface area contributed by atoms with Gasteiger partial charge in [-0.05, 0) is 24.3 Å². The highest BCUT2D eigenvalue weighted by Crippen LogP contribution is 2.47. The highest BCUT2D eigenvalue weighted by Gasteiger charge is 2.21. The van der Waals surface area contributed by atoms with Gasteiger partial charge in [0.05, 0.1) is 17.9 Å². The number of carbonyl (C=O) groups excluding carboxylic acids is 1. The normalized spacial score (nSPS) is 12.7. The number of hydrogen-bond donors (Lipinski definition) is 2. The number of nitrogens with one attached hydrogen (secondary N) is 2. The van der Waals surface area contributed by atoms with Crippen LogP contribution in [0.5, 0.6) is 0 Å². The molecule has 0 radical (unpaired) electrons. The topological polar surface area (TPSA) is 56.7 Å². The number of hydrogen-bond acceptors (Lipinski definition) is 4. The lowest BCUT2D eigenvalue weighted by Gasteiger charge is -2.31. The predicted octanol–water partition coefficient (Wildman–Crippen LogP) is 3.20. The molecule has 2 amide bonds. The molecule has 0 saturated carbocycles. The van der Waals surface area contributed by atoms with E-state index in [4.69, 9.17) is 0 Å². The van der Waals surface area contributed by atoms with Gasteiger partial charge in [-0.1, -0.05) is 36.0 Å². The van der Waals surface area contributed by atoms with Gasteiger partial charge in [-0.25, -0.2) is 10.2 Å². The van der Waals surface area contributed by atoms with Crippen molar-refractivity contribution in [1.82, 2.24) is 10.7 Å². The first kappa shape index (κ1) is 14.5. The van der Waals surface area contributed by atoms with Crippen LogP contribution in [-0.4, -0.2) is 25.8 Å². The Kier molecular flexibility index (Phi) is 4.29. The first-order valence-corrected chi connectivity index (χ1v) is 7.74. The maximum absolute atomic E-state index is 11.1. The average Bonchev–Trinajstić information content (AvgIpc) is 2.57. The fourth-order valence-corrected chi connectivity index (χ4v) is 3.36. The zero-order valence-electron chi connectivity index (χ0n) is 12.1. The van der Waals surface area contributed by atoms with Crippen molar-refractivity contribution in [3.8, 4) is 0 Å². The molecule has 3 rings (SSSR count). The van der Waals surface area contributed by atoms with E-state index in [0.717, 1.165) is 11.4 Å². The van der Waals surface area contributed by atoms with E-state index in [1.807, 2.05) is 24.3 Å². The Bertz CT molecular complexity index is 671. The molecule has 1 aliphatic rings. The lowest BCUT2D eigenvalue weighted by molar-refractivity contribution is 0.243. The fraction of sp³-hybridized carbons (Fsp3) is 0.125. The Balaban J connectivity index is 1.85. The van der Waals surface area contributed by atoms with E-state index in [0.29, 0.717) is 6.54 Å². The molecular formula is C16H16N4OS. The lowest BCUT2D eigenvalue weighted by Crippen LogP contribution is -2.29. The summed E-state index contributed by atoms with van der Waals surface area (Å²) in [7, 11) is 1.55. The molecule has 1 heterocycles. The standard InChI is InChI=1S/C16H16N4OS/c1-17-16(21)19-18-10-11-20-12-6-2-4-8-14(12)22-15-9-5-3-7-13(15)20/h2-10H,11H2,1H3,(H2,17,19,21)/b18-10+. The van der Waals surface area contributed by atoms with Gasteiger partial charge in [0.25, 0.3) is 0 Å². The van der Waals surface area contributed by atoms with E-state index >= 15 is 0 Å². The third-order valence-corrected chi connectivity index (χ3v) is 4.41. The molecule has 0 atom stereocenters. The summed E-state index contributed by atoms with van der Waals surface area (Å²) < 4.78 is 0. The molecule has 0 aromatic heterocycles. The molecule has 0 fully saturated rings. The second kappa shape index (κ2) is 6.53. The largest absolute Gasteiger partial charge is 0.340 e. The SMILES string of the molecule is CNC(=O)N/N=C/CN1c2ccccc2Sc2ccccc21. The number of rotatable bonds is 3. The number of nitrogens with zero attached hydrogens (tertiary/aromatic N) is 2. The monoisotopic (exact) mass is 312 g/mol. The van der Waals surface area contributed by atoms with Crippen LogP contribution < -0.4 is 15.6 Å². The molecule has 0 bridgehead atoms. The number of benzene rings is 2. The summed E-state index contributed by atoms with van der Waals surface area (Å²) in [5.74, 6) is 0. The summed E-state index contributed by atoms with van der Waals surface area (Å²) in [6.45, 7) is 0.582. The second-order valence-electron chi connectivity index (χ2n) is 4.65. The summed E-state index contributed by atoms with van der Waals surface area (Å²) in [4.78, 5) is 15.7. The van der Waals surface area contributed by atoms with Gasteiger partial charge < -0.3 is 10.2 Å². The Morgan fingerprint density at radius 3 is 2.32 bits per heavy atom. The molecule has 0 spiro atoms. The average molecular weight is 312 g/mol. The van der Waals surface area contributed by atoms with Gasteiger partial charge in [0.2, 0.25) is 0 Å². The maximum Gasteiger partial charge on any atom is 0.334 e. The number of fused-ring (bicyclic) bond motifs is 2. The summed E-state index contributed by atoms with van der Waals surface area (Å²) in [5.41, 5.74) is 4.71. The van der Waals surface area contributed by atoms with Crippen LogP contribution in [0.1, 0.15) is 0 Å². The van der Waals surface area contributed by atoms with Gasteiger partial charge in [-0.2, -0.15) is 5.10 Å². The third kappa shape index (κ3) is 2.92. The van der Waals surface area contributed by atoms with Gasteiger partial charge in [-0.15, -0.1) is 0 Å². The Labute approximate surface area is 133 Å². The first-order valence-electron chi connectivity index (χ1n) is 6.92. The molecule has 0 aliphatic carbocycles. The third-order valence-electron chi connectivity index (χ3n) is 3.28. The van der Waals surface area contributed by atoms with Crippen LogP contribution in [0, 0.1) is 0 Å². The molecule has 6 heteroatoms. The number of urea groups is 1. The molecule has 1 aliphatic heterocycles. The van der Waals surface area contributed by atoms with Gasteiger partial charge in [-0.3, -0.25) is 0 Å². The summed E-state index contributed by atoms with van der Waals surface area (Å²) in [6, 6.07) is 16.2. The molecule has 22 heavy (non-hydrogen) atoms. The van der Waals surface area contributed by atoms with Crippen molar-refractivity contribution in [1.29, 1.82) is 0 Å². The minimum absolute atomic E-state index is 0.328. The van der Waals surface area contributed by atoms with Crippen LogP contribution in [0.2, 0.25) is 0 Å². The summed E-state index contributed by atoms with van der Waals surface area (Å²) >= 11 is 1.77. The number of para-hydroxylation sites is 2. The predicted molar refractivity (Wildman–Crippen MR) is 90.1 cm³/mol. The van der Waals surface area contributed by atoms with Crippen molar-refractivity contribution in [3.63, 3.8) is 0 Å². The number of carbonyl (C=O) groups is 1. The first-order chi connectivity index (χ1) is 10.8. The molecule has 2 aromatic rings. The van der Waals surface area contributed by atoms with Crippen molar-refractivity contribution in [2.45, 2.75) is 9.79 Å². The van der Waals surface area contributed by atoms with Gasteiger partial charge in [0.15, 0.2) is 0 Å². The van der Waals surface area contributed by atoms with Crippen LogP contribution in [0.25, 0.3) is 0 Å². The minimum Gasteiger partial charge on any atom is -0.340 e. The molecule has 2 aromatic carbocycles. The van der Waals surface area contributed by atoms with Crippen molar-refractivity contribution < 1.29 is 4.79 Å². The van der Waals surface area contributed by atoms with E-state index in [1.165, 1.54) is 9.79 Å². The Morgan fingerprint density at radius 2 is 1.73 bits per heavy atom. The van der Waals surface area contributed by atoms with Crippen LogP contribution >= 0.6 is 11.8 Å². The van der Waals surface area contributed by atoms with Crippen molar-refractivity contribution in [3.05, 3.63) is 48.5 Å². The lowest BCUT2D eigenvalue weighted by atomic mass is 10.2.